The molecule has 0 aliphatic heterocycles. The highest BCUT2D eigenvalue weighted by molar-refractivity contribution is 14.1. The molecule has 2 aromatic carbocycles. The summed E-state index contributed by atoms with van der Waals surface area (Å²) in [5.41, 5.74) is 0.896. The number of rotatable bonds is 9. The fourth-order valence-corrected chi connectivity index (χ4v) is 3.33. The van der Waals surface area contributed by atoms with Gasteiger partial charge in [0.15, 0.2) is 6.61 Å². The Hall–Kier alpha value is -1.80. The molecule has 0 saturated carbocycles. The summed E-state index contributed by atoms with van der Waals surface area (Å²) in [6, 6.07) is 14.1. The molecular weight excluding hydrogens is 503 g/mol. The van der Waals surface area contributed by atoms with E-state index in [0.717, 1.165) is 9.13 Å². The van der Waals surface area contributed by atoms with Gasteiger partial charge in [-0.2, -0.15) is 0 Å². The molecule has 0 spiro atoms. The lowest BCUT2D eigenvalue weighted by Crippen LogP contribution is -2.51. The van der Waals surface area contributed by atoms with E-state index in [1.807, 2.05) is 57.2 Å². The molecule has 0 heterocycles. The summed E-state index contributed by atoms with van der Waals surface area (Å²) < 4.78 is 6.75. The molecule has 156 valence electrons. The zero-order chi connectivity index (χ0) is 21.4. The number of nitrogens with zero attached hydrogens (tertiary/aromatic N) is 1. The van der Waals surface area contributed by atoms with E-state index < -0.39 is 6.04 Å². The highest BCUT2D eigenvalue weighted by Gasteiger charge is 2.29. The maximum atomic E-state index is 13.0. The zero-order valence-corrected chi connectivity index (χ0v) is 19.7. The summed E-state index contributed by atoms with van der Waals surface area (Å²) in [5, 5.41) is 3.53. The van der Waals surface area contributed by atoms with E-state index in [1.54, 1.807) is 17.0 Å². The molecule has 0 aromatic heterocycles. The first kappa shape index (κ1) is 23.5. The summed E-state index contributed by atoms with van der Waals surface area (Å²) in [5.74, 6) is 0.202. The summed E-state index contributed by atoms with van der Waals surface area (Å²) in [6.45, 7) is 5.86. The smallest absolute Gasteiger partial charge is 0.261 e. The quantitative estimate of drug-likeness (QED) is 0.482. The third kappa shape index (κ3) is 7.51. The number of hydrogen-bond donors (Lipinski definition) is 1. The van der Waals surface area contributed by atoms with Crippen LogP contribution in [-0.2, 0) is 16.1 Å². The minimum Gasteiger partial charge on any atom is -0.484 e. The predicted octanol–water partition coefficient (Wildman–Crippen LogP) is 4.66. The first-order chi connectivity index (χ1) is 13.8. The first-order valence-corrected chi connectivity index (χ1v) is 11.0. The summed E-state index contributed by atoms with van der Waals surface area (Å²) >= 11 is 8.18. The van der Waals surface area contributed by atoms with Crippen molar-refractivity contribution in [3.63, 3.8) is 0 Å². The molecule has 7 heteroatoms. The van der Waals surface area contributed by atoms with Crippen LogP contribution in [-0.4, -0.2) is 35.4 Å². The van der Waals surface area contributed by atoms with Crippen LogP contribution in [0.4, 0.5) is 0 Å². The fraction of sp³-hybridized carbons (Fsp3) is 0.364. The van der Waals surface area contributed by atoms with Gasteiger partial charge in [0.25, 0.3) is 5.91 Å². The van der Waals surface area contributed by atoms with Crippen LogP contribution in [0.1, 0.15) is 32.8 Å². The maximum absolute atomic E-state index is 13.0. The van der Waals surface area contributed by atoms with Crippen LogP contribution in [0.3, 0.4) is 0 Å². The van der Waals surface area contributed by atoms with Gasteiger partial charge in [-0.25, -0.2) is 0 Å². The largest absolute Gasteiger partial charge is 0.484 e. The molecule has 0 fully saturated rings. The van der Waals surface area contributed by atoms with E-state index >= 15 is 0 Å². The third-order valence-electron chi connectivity index (χ3n) is 4.26. The topological polar surface area (TPSA) is 58.6 Å². The second kappa shape index (κ2) is 11.4. The highest BCUT2D eigenvalue weighted by atomic mass is 127. The lowest BCUT2D eigenvalue weighted by Gasteiger charge is -2.31. The Morgan fingerprint density at radius 3 is 2.28 bits per heavy atom. The lowest BCUT2D eigenvalue weighted by molar-refractivity contribution is -0.143. The summed E-state index contributed by atoms with van der Waals surface area (Å²) in [7, 11) is 0. The van der Waals surface area contributed by atoms with E-state index in [0.29, 0.717) is 23.7 Å². The van der Waals surface area contributed by atoms with Gasteiger partial charge in [-0.1, -0.05) is 30.7 Å². The molecule has 1 N–H and O–H groups in total. The van der Waals surface area contributed by atoms with Crippen molar-refractivity contribution in [2.45, 2.75) is 45.8 Å². The Morgan fingerprint density at radius 1 is 1.10 bits per heavy atom. The number of amides is 2. The van der Waals surface area contributed by atoms with Gasteiger partial charge in [-0.05, 0) is 84.8 Å². The van der Waals surface area contributed by atoms with Crippen molar-refractivity contribution in [2.24, 2.45) is 0 Å². The molecule has 29 heavy (non-hydrogen) atoms. The Bertz CT molecular complexity index is 810. The molecule has 0 saturated heterocycles. The number of ether oxygens (including phenoxy) is 1. The monoisotopic (exact) mass is 528 g/mol. The van der Waals surface area contributed by atoms with Crippen LogP contribution in [0.5, 0.6) is 5.75 Å². The van der Waals surface area contributed by atoms with Crippen molar-refractivity contribution >= 4 is 46.0 Å². The average Bonchev–Trinajstić information content (AvgIpc) is 2.68. The normalized spacial score (nSPS) is 11.8. The van der Waals surface area contributed by atoms with E-state index in [-0.39, 0.29) is 24.5 Å². The number of halogens is 2. The standard InChI is InChI=1S/C22H26ClIN2O3/c1-4-20(22(28)25-15(2)3)26(13-16-5-7-17(23)8-6-16)21(27)14-29-19-11-9-18(24)10-12-19/h5-12,15,20H,4,13-14H2,1-3H3,(H,25,28). The van der Waals surface area contributed by atoms with E-state index in [9.17, 15) is 9.59 Å². The van der Waals surface area contributed by atoms with Gasteiger partial charge < -0.3 is 15.0 Å². The van der Waals surface area contributed by atoms with E-state index in [4.69, 9.17) is 16.3 Å². The summed E-state index contributed by atoms with van der Waals surface area (Å²) in [6.07, 6.45) is 0.501. The molecule has 0 bridgehead atoms. The van der Waals surface area contributed by atoms with Crippen LogP contribution in [0, 0.1) is 3.57 Å². The first-order valence-electron chi connectivity index (χ1n) is 9.52. The van der Waals surface area contributed by atoms with Gasteiger partial charge in [0.1, 0.15) is 11.8 Å². The molecule has 1 atom stereocenters. The van der Waals surface area contributed by atoms with Crippen LogP contribution in [0.2, 0.25) is 5.02 Å². The van der Waals surface area contributed by atoms with Gasteiger partial charge in [0, 0.05) is 21.2 Å². The van der Waals surface area contributed by atoms with Crippen molar-refractivity contribution in [3.8, 4) is 5.75 Å². The molecule has 0 aliphatic carbocycles. The highest BCUT2D eigenvalue weighted by Crippen LogP contribution is 2.17. The van der Waals surface area contributed by atoms with Crippen LogP contribution in [0.25, 0.3) is 0 Å². The maximum Gasteiger partial charge on any atom is 0.261 e. The van der Waals surface area contributed by atoms with Gasteiger partial charge in [0.05, 0.1) is 0 Å². The lowest BCUT2D eigenvalue weighted by atomic mass is 10.1. The minimum absolute atomic E-state index is 0.00734. The molecule has 2 aromatic rings. The Labute approximate surface area is 190 Å². The van der Waals surface area contributed by atoms with Gasteiger partial charge in [-0.3, -0.25) is 9.59 Å². The van der Waals surface area contributed by atoms with Crippen molar-refractivity contribution < 1.29 is 14.3 Å². The number of hydrogen-bond acceptors (Lipinski definition) is 3. The summed E-state index contributed by atoms with van der Waals surface area (Å²) in [4.78, 5) is 27.3. The van der Waals surface area contributed by atoms with Crippen molar-refractivity contribution in [1.29, 1.82) is 0 Å². The Morgan fingerprint density at radius 2 is 1.72 bits per heavy atom. The number of benzene rings is 2. The van der Waals surface area contributed by atoms with Crippen LogP contribution in [0.15, 0.2) is 48.5 Å². The molecule has 1 unspecified atom stereocenters. The SMILES string of the molecule is CCC(C(=O)NC(C)C)N(Cc1ccc(Cl)cc1)C(=O)COc1ccc(I)cc1. The average molecular weight is 529 g/mol. The fourth-order valence-electron chi connectivity index (χ4n) is 2.85. The van der Waals surface area contributed by atoms with Crippen LogP contribution >= 0.6 is 34.2 Å². The minimum atomic E-state index is -0.583. The van der Waals surface area contributed by atoms with Gasteiger partial charge >= 0.3 is 0 Å². The van der Waals surface area contributed by atoms with Gasteiger partial charge in [0.2, 0.25) is 5.91 Å². The molecule has 2 amide bonds. The van der Waals surface area contributed by atoms with Gasteiger partial charge in [-0.15, -0.1) is 0 Å². The number of carbonyl (C=O) groups is 2. The molecule has 0 aliphatic rings. The number of carbonyl (C=O) groups excluding carboxylic acids is 2. The van der Waals surface area contributed by atoms with E-state index in [1.165, 1.54) is 0 Å². The zero-order valence-electron chi connectivity index (χ0n) is 16.8. The Kier molecular flexibility index (Phi) is 9.23. The third-order valence-corrected chi connectivity index (χ3v) is 5.23. The second-order valence-electron chi connectivity index (χ2n) is 6.98. The molecule has 2 rings (SSSR count). The van der Waals surface area contributed by atoms with Crippen molar-refractivity contribution in [2.75, 3.05) is 6.61 Å². The molecular formula is C22H26ClIN2O3. The molecule has 0 radical (unpaired) electrons. The Balaban J connectivity index is 2.18. The van der Waals surface area contributed by atoms with Crippen molar-refractivity contribution in [3.05, 3.63) is 62.7 Å². The van der Waals surface area contributed by atoms with E-state index in [2.05, 4.69) is 27.9 Å². The number of nitrogens with one attached hydrogen (secondary N) is 1. The van der Waals surface area contributed by atoms with Crippen molar-refractivity contribution in [1.82, 2.24) is 10.2 Å². The predicted molar refractivity (Wildman–Crippen MR) is 124 cm³/mol. The van der Waals surface area contributed by atoms with Crippen LogP contribution < -0.4 is 10.1 Å². The molecule has 5 nitrogen and oxygen atoms in total. The second-order valence-corrected chi connectivity index (χ2v) is 8.66.